The lowest BCUT2D eigenvalue weighted by molar-refractivity contribution is -0.0301. The Kier molecular flexibility index (Phi) is 12.7. The van der Waals surface area contributed by atoms with Gasteiger partial charge in [-0.2, -0.15) is 0 Å². The molecule has 5 heteroatoms. The number of halogens is 2. The average molecular weight is 417 g/mol. The number of unbranched alkanes of at least 4 members (excludes halogenated alkanes) is 5. The van der Waals surface area contributed by atoms with Crippen LogP contribution in [0.4, 0.5) is 8.78 Å². The third-order valence-electron chi connectivity index (χ3n) is 6.86. The molecule has 0 unspecified atom stereocenters. The van der Waals surface area contributed by atoms with Crippen LogP contribution in [0.1, 0.15) is 97.3 Å². The van der Waals surface area contributed by atoms with E-state index in [-0.39, 0.29) is 19.1 Å². The van der Waals surface area contributed by atoms with Gasteiger partial charge in [-0.3, -0.25) is 0 Å². The van der Waals surface area contributed by atoms with E-state index in [1.807, 2.05) is 6.92 Å². The van der Waals surface area contributed by atoms with Crippen molar-refractivity contribution < 1.29 is 13.5 Å². The predicted octanol–water partition coefficient (Wildman–Crippen LogP) is 5.92. The molecule has 0 aromatic rings. The van der Waals surface area contributed by atoms with Crippen molar-refractivity contribution in [3.05, 3.63) is 0 Å². The molecule has 2 atom stereocenters. The first-order chi connectivity index (χ1) is 14.1. The standard InChI is InChI=1S/C24H46F2N2O/c1-3-5-6-7-8-9-11-19-16-27-24(28-17-19)20-12-14-21(15-13-20)29-18-23(26)22(25)10-4-2/h19-24,27-28H,3-18H2,1-2H3/t19?,20?,21?,22-,23-,24?/m0/s1. The van der Waals surface area contributed by atoms with Gasteiger partial charge < -0.3 is 15.4 Å². The van der Waals surface area contributed by atoms with Gasteiger partial charge in [0.25, 0.3) is 0 Å². The Morgan fingerprint density at radius 3 is 2.14 bits per heavy atom. The van der Waals surface area contributed by atoms with Crippen LogP contribution in [0, 0.1) is 11.8 Å². The number of hydrogen-bond donors (Lipinski definition) is 2. The van der Waals surface area contributed by atoms with Gasteiger partial charge in [0.1, 0.15) is 6.17 Å². The van der Waals surface area contributed by atoms with Crippen molar-refractivity contribution in [1.29, 1.82) is 0 Å². The molecule has 0 spiro atoms. The Morgan fingerprint density at radius 1 is 0.828 bits per heavy atom. The molecular weight excluding hydrogens is 370 g/mol. The van der Waals surface area contributed by atoms with Gasteiger partial charge in [-0.05, 0) is 50.4 Å². The van der Waals surface area contributed by atoms with E-state index in [1.165, 1.54) is 44.9 Å². The molecular formula is C24H46F2N2O. The first-order valence-electron chi connectivity index (χ1n) is 12.5. The molecule has 2 aliphatic rings. The number of rotatable bonds is 14. The van der Waals surface area contributed by atoms with Gasteiger partial charge >= 0.3 is 0 Å². The molecule has 0 radical (unpaired) electrons. The van der Waals surface area contributed by atoms with E-state index in [0.717, 1.165) is 44.7 Å². The molecule has 0 bridgehead atoms. The van der Waals surface area contributed by atoms with E-state index >= 15 is 0 Å². The fourth-order valence-electron chi connectivity index (χ4n) is 4.86. The van der Waals surface area contributed by atoms with Crippen LogP contribution in [0.2, 0.25) is 0 Å². The van der Waals surface area contributed by atoms with Gasteiger partial charge in [0, 0.05) is 13.1 Å². The molecule has 1 heterocycles. The summed E-state index contributed by atoms with van der Waals surface area (Å²) < 4.78 is 33.0. The average Bonchev–Trinajstić information content (AvgIpc) is 2.75. The van der Waals surface area contributed by atoms with Crippen LogP contribution in [0.3, 0.4) is 0 Å². The molecule has 2 rings (SSSR count). The van der Waals surface area contributed by atoms with E-state index in [0.29, 0.717) is 18.5 Å². The smallest absolute Gasteiger partial charge is 0.154 e. The lowest BCUT2D eigenvalue weighted by Crippen LogP contribution is -2.56. The summed E-state index contributed by atoms with van der Waals surface area (Å²) in [6, 6.07) is 0. The molecule has 29 heavy (non-hydrogen) atoms. The lowest BCUT2D eigenvalue weighted by atomic mass is 9.84. The fourth-order valence-corrected chi connectivity index (χ4v) is 4.86. The van der Waals surface area contributed by atoms with E-state index in [9.17, 15) is 8.78 Å². The number of nitrogens with one attached hydrogen (secondary N) is 2. The van der Waals surface area contributed by atoms with Crippen molar-refractivity contribution in [2.75, 3.05) is 19.7 Å². The highest BCUT2D eigenvalue weighted by Gasteiger charge is 2.31. The summed E-state index contributed by atoms with van der Waals surface area (Å²) in [5.74, 6) is 1.38. The largest absolute Gasteiger partial charge is 0.375 e. The molecule has 2 fully saturated rings. The minimum Gasteiger partial charge on any atom is -0.375 e. The minimum atomic E-state index is -1.47. The Hall–Kier alpha value is -0.260. The van der Waals surface area contributed by atoms with Crippen LogP contribution in [0.15, 0.2) is 0 Å². The summed E-state index contributed by atoms with van der Waals surface area (Å²) in [4.78, 5) is 0. The van der Waals surface area contributed by atoms with Crippen molar-refractivity contribution >= 4 is 0 Å². The summed E-state index contributed by atoms with van der Waals surface area (Å²) in [5.41, 5.74) is 0. The maximum absolute atomic E-state index is 13.8. The molecule has 0 aromatic carbocycles. The molecule has 1 aliphatic carbocycles. The van der Waals surface area contributed by atoms with Gasteiger partial charge in [0.2, 0.25) is 0 Å². The Balaban J connectivity index is 1.53. The van der Waals surface area contributed by atoms with Crippen LogP contribution in [0.5, 0.6) is 0 Å². The fraction of sp³-hybridized carbons (Fsp3) is 1.00. The van der Waals surface area contributed by atoms with Crippen LogP contribution in [-0.2, 0) is 4.74 Å². The zero-order valence-corrected chi connectivity index (χ0v) is 18.9. The second-order valence-corrected chi connectivity index (χ2v) is 9.41. The predicted molar refractivity (Wildman–Crippen MR) is 118 cm³/mol. The summed E-state index contributed by atoms with van der Waals surface area (Å²) >= 11 is 0. The van der Waals surface area contributed by atoms with Crippen molar-refractivity contribution in [3.63, 3.8) is 0 Å². The quantitative estimate of drug-likeness (QED) is 0.345. The normalized spacial score (nSPS) is 30.2. The highest BCUT2D eigenvalue weighted by atomic mass is 19.2. The SMILES string of the molecule is CCCCCCCCC1CNC(C2CCC(OC[C@H](F)[C@@H](F)CCC)CC2)NC1. The highest BCUT2D eigenvalue weighted by Crippen LogP contribution is 2.29. The summed E-state index contributed by atoms with van der Waals surface area (Å²) in [6.07, 6.45) is 12.3. The number of ether oxygens (including phenoxy) is 1. The molecule has 0 amide bonds. The maximum atomic E-state index is 13.8. The molecule has 0 aromatic heterocycles. The molecule has 172 valence electrons. The molecule has 3 nitrogen and oxygen atoms in total. The Morgan fingerprint density at radius 2 is 1.48 bits per heavy atom. The third-order valence-corrected chi connectivity index (χ3v) is 6.86. The second kappa shape index (κ2) is 14.7. The minimum absolute atomic E-state index is 0.0868. The van der Waals surface area contributed by atoms with Crippen molar-refractivity contribution in [2.24, 2.45) is 11.8 Å². The van der Waals surface area contributed by atoms with Gasteiger partial charge in [0.05, 0.1) is 18.9 Å². The summed E-state index contributed by atoms with van der Waals surface area (Å²) in [6.45, 7) is 6.32. The van der Waals surface area contributed by atoms with Crippen LogP contribution in [0.25, 0.3) is 0 Å². The van der Waals surface area contributed by atoms with Crippen LogP contribution in [-0.4, -0.2) is 44.3 Å². The molecule has 1 saturated carbocycles. The molecule has 1 saturated heterocycles. The zero-order valence-electron chi connectivity index (χ0n) is 18.9. The Labute approximate surface area is 178 Å². The number of hydrogen-bond acceptors (Lipinski definition) is 3. The van der Waals surface area contributed by atoms with Crippen molar-refractivity contribution in [3.8, 4) is 0 Å². The first kappa shape index (κ1) is 25.0. The van der Waals surface area contributed by atoms with E-state index < -0.39 is 12.3 Å². The van der Waals surface area contributed by atoms with Crippen LogP contribution < -0.4 is 10.6 Å². The highest BCUT2D eigenvalue weighted by molar-refractivity contribution is 4.86. The first-order valence-corrected chi connectivity index (χ1v) is 12.5. The van der Waals surface area contributed by atoms with Gasteiger partial charge in [-0.25, -0.2) is 8.78 Å². The molecule has 1 aliphatic heterocycles. The second-order valence-electron chi connectivity index (χ2n) is 9.41. The van der Waals surface area contributed by atoms with E-state index in [2.05, 4.69) is 17.6 Å². The maximum Gasteiger partial charge on any atom is 0.154 e. The van der Waals surface area contributed by atoms with Gasteiger partial charge in [-0.15, -0.1) is 0 Å². The van der Waals surface area contributed by atoms with Crippen LogP contribution >= 0.6 is 0 Å². The van der Waals surface area contributed by atoms with Crippen molar-refractivity contribution in [1.82, 2.24) is 10.6 Å². The Bertz CT molecular complexity index is 396. The van der Waals surface area contributed by atoms with E-state index in [1.54, 1.807) is 0 Å². The number of alkyl halides is 2. The topological polar surface area (TPSA) is 33.3 Å². The monoisotopic (exact) mass is 416 g/mol. The third kappa shape index (κ3) is 9.61. The lowest BCUT2D eigenvalue weighted by Gasteiger charge is -2.39. The van der Waals surface area contributed by atoms with Crippen molar-refractivity contribution in [2.45, 2.75) is 122 Å². The van der Waals surface area contributed by atoms with Gasteiger partial charge in [0.15, 0.2) is 6.17 Å². The van der Waals surface area contributed by atoms with E-state index in [4.69, 9.17) is 4.74 Å². The molecule has 2 N–H and O–H groups in total. The van der Waals surface area contributed by atoms with Gasteiger partial charge in [-0.1, -0.05) is 58.8 Å². The summed E-state index contributed by atoms with van der Waals surface area (Å²) in [7, 11) is 0. The zero-order chi connectivity index (χ0) is 20.9. The summed E-state index contributed by atoms with van der Waals surface area (Å²) in [5, 5.41) is 7.47.